The first kappa shape index (κ1) is 23.3. The van der Waals surface area contributed by atoms with E-state index in [2.05, 4.69) is 4.98 Å². The summed E-state index contributed by atoms with van der Waals surface area (Å²) in [4.78, 5) is 16.6. The van der Waals surface area contributed by atoms with E-state index < -0.39 is 17.7 Å². The number of hydrogen-bond acceptors (Lipinski definition) is 3. The molecule has 0 saturated carbocycles. The van der Waals surface area contributed by atoms with Crippen molar-refractivity contribution in [3.05, 3.63) is 86.7 Å². The van der Waals surface area contributed by atoms with Crippen molar-refractivity contribution in [3.8, 4) is 33.0 Å². The average molecular weight is 508 g/mol. The second-order valence-corrected chi connectivity index (χ2v) is 8.93. The van der Waals surface area contributed by atoms with E-state index in [1.807, 2.05) is 0 Å². The first-order valence-corrected chi connectivity index (χ1v) is 11.1. The zero-order valence-electron chi connectivity index (χ0n) is 16.9. The lowest BCUT2D eigenvalue weighted by Gasteiger charge is -2.14. The Bertz CT molecular complexity index is 1380. The summed E-state index contributed by atoms with van der Waals surface area (Å²) < 4.78 is 39.6. The average Bonchev–Trinajstić information content (AvgIpc) is 3.25. The van der Waals surface area contributed by atoms with Crippen molar-refractivity contribution < 1.29 is 23.1 Å². The third-order valence-corrected chi connectivity index (χ3v) is 6.70. The van der Waals surface area contributed by atoms with Gasteiger partial charge in [0.2, 0.25) is 0 Å². The zero-order chi connectivity index (χ0) is 23.9. The number of aryl methyl sites for hydroxylation is 1. The first-order valence-electron chi connectivity index (χ1n) is 9.51. The smallest absolute Gasteiger partial charge is 0.416 e. The van der Waals surface area contributed by atoms with Crippen LogP contribution in [0.15, 0.2) is 60.0 Å². The minimum Gasteiger partial charge on any atom is -0.478 e. The Morgan fingerprint density at radius 1 is 0.939 bits per heavy atom. The van der Waals surface area contributed by atoms with Gasteiger partial charge in [0.25, 0.3) is 0 Å². The second-order valence-electron chi connectivity index (χ2n) is 7.26. The Kier molecular flexibility index (Phi) is 6.22. The molecule has 3 nitrogen and oxygen atoms in total. The van der Waals surface area contributed by atoms with Crippen molar-refractivity contribution >= 4 is 40.5 Å². The van der Waals surface area contributed by atoms with E-state index >= 15 is 0 Å². The zero-order valence-corrected chi connectivity index (χ0v) is 19.2. The van der Waals surface area contributed by atoms with Crippen LogP contribution < -0.4 is 0 Å². The summed E-state index contributed by atoms with van der Waals surface area (Å²) in [5.41, 5.74) is 1.94. The summed E-state index contributed by atoms with van der Waals surface area (Å²) in [5.74, 6) is -1.25. The Morgan fingerprint density at radius 2 is 1.67 bits per heavy atom. The molecule has 0 radical (unpaired) electrons. The van der Waals surface area contributed by atoms with E-state index in [0.29, 0.717) is 31.9 Å². The standard InChI is InChI=1S/C24H14Cl2F3NO2S/c1-12-2-5-15(24(27,28)29)10-17(12)16-6-3-14(8-18(16)23(31)32)22-30-21(11-33-22)13-4-7-19(25)20(26)9-13/h2-11H,1H3,(H,31,32). The van der Waals surface area contributed by atoms with Gasteiger partial charge in [-0.2, -0.15) is 13.2 Å². The lowest BCUT2D eigenvalue weighted by molar-refractivity contribution is -0.137. The van der Waals surface area contributed by atoms with Crippen molar-refractivity contribution in [1.82, 2.24) is 4.98 Å². The van der Waals surface area contributed by atoms with Gasteiger partial charge in [-0.25, -0.2) is 9.78 Å². The van der Waals surface area contributed by atoms with E-state index in [1.165, 1.54) is 29.5 Å². The van der Waals surface area contributed by atoms with Gasteiger partial charge in [0.1, 0.15) is 5.01 Å². The van der Waals surface area contributed by atoms with Crippen LogP contribution in [0.25, 0.3) is 33.0 Å². The number of benzene rings is 3. The fourth-order valence-electron chi connectivity index (χ4n) is 3.37. The number of nitrogens with zero attached hydrogens (tertiary/aromatic N) is 1. The van der Waals surface area contributed by atoms with E-state index in [0.717, 1.165) is 17.7 Å². The highest BCUT2D eigenvalue weighted by Gasteiger charge is 2.31. The summed E-state index contributed by atoms with van der Waals surface area (Å²) in [5, 5.41) is 13.0. The third-order valence-electron chi connectivity index (χ3n) is 5.07. The molecule has 0 saturated heterocycles. The van der Waals surface area contributed by atoms with Gasteiger partial charge in [-0.05, 0) is 53.9 Å². The van der Waals surface area contributed by atoms with Crippen LogP contribution in [0.2, 0.25) is 10.0 Å². The molecule has 168 valence electrons. The van der Waals surface area contributed by atoms with Gasteiger partial charge >= 0.3 is 12.1 Å². The molecule has 0 fully saturated rings. The van der Waals surface area contributed by atoms with Crippen LogP contribution in [0.3, 0.4) is 0 Å². The number of aromatic nitrogens is 1. The lowest BCUT2D eigenvalue weighted by Crippen LogP contribution is -2.06. The Labute approximate surface area is 201 Å². The molecule has 0 aliphatic rings. The molecule has 4 aromatic rings. The van der Waals surface area contributed by atoms with Crippen molar-refractivity contribution in [2.45, 2.75) is 13.1 Å². The van der Waals surface area contributed by atoms with Crippen LogP contribution in [0.1, 0.15) is 21.5 Å². The molecule has 33 heavy (non-hydrogen) atoms. The van der Waals surface area contributed by atoms with Gasteiger partial charge < -0.3 is 5.11 Å². The molecule has 0 unspecified atom stereocenters. The normalized spacial score (nSPS) is 11.6. The number of carbonyl (C=O) groups is 1. The summed E-state index contributed by atoms with van der Waals surface area (Å²) >= 11 is 13.3. The number of carboxylic acids is 1. The predicted octanol–water partition coefficient (Wildman–Crippen LogP) is 8.48. The molecule has 4 rings (SSSR count). The molecule has 0 aliphatic carbocycles. The quantitative estimate of drug-likeness (QED) is 0.301. The molecule has 0 aliphatic heterocycles. The minimum absolute atomic E-state index is 0.110. The number of hydrogen-bond donors (Lipinski definition) is 1. The Hall–Kier alpha value is -2.87. The van der Waals surface area contributed by atoms with E-state index in [-0.39, 0.29) is 16.7 Å². The molecule has 0 amide bonds. The van der Waals surface area contributed by atoms with Gasteiger partial charge in [-0.15, -0.1) is 11.3 Å². The Balaban J connectivity index is 1.77. The largest absolute Gasteiger partial charge is 0.478 e. The third kappa shape index (κ3) is 4.76. The molecule has 9 heteroatoms. The molecule has 1 N–H and O–H groups in total. The van der Waals surface area contributed by atoms with Crippen molar-refractivity contribution in [2.75, 3.05) is 0 Å². The van der Waals surface area contributed by atoms with Crippen LogP contribution in [0.4, 0.5) is 13.2 Å². The number of rotatable bonds is 4. The minimum atomic E-state index is -4.53. The summed E-state index contributed by atoms with van der Waals surface area (Å²) in [6.07, 6.45) is -4.53. The van der Waals surface area contributed by atoms with E-state index in [4.69, 9.17) is 23.2 Å². The van der Waals surface area contributed by atoms with E-state index in [1.54, 1.807) is 36.6 Å². The second kappa shape index (κ2) is 8.82. The van der Waals surface area contributed by atoms with Crippen LogP contribution in [0.5, 0.6) is 0 Å². The van der Waals surface area contributed by atoms with Gasteiger partial charge in [-0.1, -0.05) is 47.5 Å². The maximum Gasteiger partial charge on any atom is 0.416 e. The number of alkyl halides is 3. The van der Waals surface area contributed by atoms with Crippen LogP contribution in [-0.2, 0) is 6.18 Å². The predicted molar refractivity (Wildman–Crippen MR) is 125 cm³/mol. The van der Waals surface area contributed by atoms with Crippen molar-refractivity contribution in [2.24, 2.45) is 0 Å². The molecule has 0 bridgehead atoms. The number of thiazole rings is 1. The molecule has 1 aromatic heterocycles. The van der Waals surface area contributed by atoms with Gasteiger partial charge in [0.15, 0.2) is 0 Å². The van der Waals surface area contributed by atoms with Crippen LogP contribution >= 0.6 is 34.5 Å². The number of aromatic carboxylic acids is 1. The molecule has 3 aromatic carbocycles. The first-order chi connectivity index (χ1) is 15.5. The SMILES string of the molecule is Cc1ccc(C(F)(F)F)cc1-c1ccc(-c2nc(-c3ccc(Cl)c(Cl)c3)cs2)cc1C(=O)O. The van der Waals surface area contributed by atoms with Gasteiger partial charge in [0.05, 0.1) is 26.9 Å². The van der Waals surface area contributed by atoms with Crippen LogP contribution in [0, 0.1) is 6.92 Å². The van der Waals surface area contributed by atoms with Crippen molar-refractivity contribution in [1.29, 1.82) is 0 Å². The lowest BCUT2D eigenvalue weighted by atomic mass is 9.93. The molecule has 0 spiro atoms. The van der Waals surface area contributed by atoms with Gasteiger partial charge in [0, 0.05) is 16.5 Å². The molecular weight excluding hydrogens is 494 g/mol. The summed E-state index contributed by atoms with van der Waals surface area (Å²) in [6.45, 7) is 1.64. The highest BCUT2D eigenvalue weighted by atomic mass is 35.5. The fourth-order valence-corrected chi connectivity index (χ4v) is 4.50. The van der Waals surface area contributed by atoms with E-state index in [9.17, 15) is 23.1 Å². The van der Waals surface area contributed by atoms with Crippen LogP contribution in [-0.4, -0.2) is 16.1 Å². The highest BCUT2D eigenvalue weighted by Crippen LogP contribution is 2.37. The number of halogens is 5. The topological polar surface area (TPSA) is 50.2 Å². The summed E-state index contributed by atoms with van der Waals surface area (Å²) in [7, 11) is 0. The molecule has 0 atom stereocenters. The Morgan fingerprint density at radius 3 is 2.33 bits per heavy atom. The molecule has 1 heterocycles. The fraction of sp³-hybridized carbons (Fsp3) is 0.0833. The number of carboxylic acid groups (broad SMARTS) is 1. The molecular formula is C24H14Cl2F3NO2S. The highest BCUT2D eigenvalue weighted by molar-refractivity contribution is 7.13. The monoisotopic (exact) mass is 507 g/mol. The maximum absolute atomic E-state index is 13.2. The maximum atomic E-state index is 13.2. The van der Waals surface area contributed by atoms with Gasteiger partial charge in [-0.3, -0.25) is 0 Å². The van der Waals surface area contributed by atoms with Crippen molar-refractivity contribution in [3.63, 3.8) is 0 Å². The summed E-state index contributed by atoms with van der Waals surface area (Å²) in [6, 6.07) is 13.0.